The van der Waals surface area contributed by atoms with E-state index in [0.29, 0.717) is 31.2 Å². The summed E-state index contributed by atoms with van der Waals surface area (Å²) in [5.74, 6) is 2.24. The number of fused-ring (bicyclic) bond motifs is 2. The Labute approximate surface area is 177 Å². The number of aromatic nitrogens is 5. The Morgan fingerprint density at radius 1 is 1.13 bits per heavy atom. The second-order valence-corrected chi connectivity index (χ2v) is 7.87. The maximum atomic E-state index is 12.4. The molecule has 0 aliphatic carbocycles. The molecule has 1 aliphatic heterocycles. The van der Waals surface area contributed by atoms with Gasteiger partial charge in [-0.3, -0.25) is 4.40 Å². The molecule has 0 spiro atoms. The lowest BCUT2D eigenvalue weighted by molar-refractivity contribution is 0.171. The standard InChI is InChI=1S/C21H21N5O3S/c1-2-24-16(15-6-7-17-18(13-15)29-11-10-28-17)14-22-20(24)30-12-9-26-21(27)25-8-4-3-5-19(25)23-26/h3-8,13-14H,2,9-12H2,1H3. The van der Waals surface area contributed by atoms with Gasteiger partial charge < -0.3 is 14.0 Å². The molecule has 30 heavy (non-hydrogen) atoms. The van der Waals surface area contributed by atoms with Crippen molar-refractivity contribution in [2.45, 2.75) is 25.2 Å². The van der Waals surface area contributed by atoms with E-state index in [1.54, 1.807) is 22.4 Å². The monoisotopic (exact) mass is 423 g/mol. The summed E-state index contributed by atoms with van der Waals surface area (Å²) >= 11 is 1.62. The van der Waals surface area contributed by atoms with E-state index in [4.69, 9.17) is 9.47 Å². The van der Waals surface area contributed by atoms with Gasteiger partial charge >= 0.3 is 5.69 Å². The zero-order chi connectivity index (χ0) is 20.5. The van der Waals surface area contributed by atoms with Gasteiger partial charge in [-0.05, 0) is 37.3 Å². The van der Waals surface area contributed by atoms with Crippen LogP contribution in [0, 0.1) is 0 Å². The number of hydrogen-bond acceptors (Lipinski definition) is 6. The van der Waals surface area contributed by atoms with Crippen molar-refractivity contribution in [3.63, 3.8) is 0 Å². The molecule has 0 atom stereocenters. The molecule has 5 rings (SSSR count). The molecule has 1 aromatic carbocycles. The van der Waals surface area contributed by atoms with Crippen LogP contribution in [0.4, 0.5) is 0 Å². The number of imidazole rings is 1. The summed E-state index contributed by atoms with van der Waals surface area (Å²) in [4.78, 5) is 17.0. The van der Waals surface area contributed by atoms with E-state index >= 15 is 0 Å². The molecule has 154 valence electrons. The second kappa shape index (κ2) is 7.91. The Morgan fingerprint density at radius 3 is 2.83 bits per heavy atom. The van der Waals surface area contributed by atoms with Gasteiger partial charge in [-0.2, -0.15) is 0 Å². The van der Waals surface area contributed by atoms with Crippen LogP contribution in [0.2, 0.25) is 0 Å². The highest BCUT2D eigenvalue weighted by Crippen LogP contribution is 2.35. The number of nitrogens with zero attached hydrogens (tertiary/aromatic N) is 5. The third-order valence-corrected chi connectivity index (χ3v) is 5.97. The predicted octanol–water partition coefficient (Wildman–Crippen LogP) is 2.94. The number of hydrogen-bond donors (Lipinski definition) is 0. The van der Waals surface area contributed by atoms with Gasteiger partial charge in [-0.15, -0.1) is 5.10 Å². The molecule has 9 heteroatoms. The molecule has 4 aromatic rings. The number of ether oxygens (including phenoxy) is 2. The fourth-order valence-electron chi connectivity index (χ4n) is 3.55. The summed E-state index contributed by atoms with van der Waals surface area (Å²) in [5, 5.41) is 5.30. The first kappa shape index (κ1) is 18.8. The molecule has 3 aromatic heterocycles. The summed E-state index contributed by atoms with van der Waals surface area (Å²) in [6.45, 7) is 4.55. The molecule has 0 saturated heterocycles. The lowest BCUT2D eigenvalue weighted by Gasteiger charge is -2.19. The number of benzene rings is 1. The SMILES string of the molecule is CCn1c(-c2ccc3c(c2)OCCO3)cnc1SCCn1nc2ccccn2c1=O. The van der Waals surface area contributed by atoms with Gasteiger partial charge in [0.2, 0.25) is 0 Å². The number of aryl methyl sites for hydroxylation is 1. The lowest BCUT2D eigenvalue weighted by Crippen LogP contribution is -2.22. The van der Waals surface area contributed by atoms with E-state index < -0.39 is 0 Å². The Kier molecular flexibility index (Phi) is 4.96. The van der Waals surface area contributed by atoms with Gasteiger partial charge in [-0.25, -0.2) is 14.5 Å². The minimum absolute atomic E-state index is 0.123. The average Bonchev–Trinajstić information content (AvgIpc) is 3.34. The van der Waals surface area contributed by atoms with Gasteiger partial charge in [0, 0.05) is 24.1 Å². The molecule has 0 fully saturated rings. The second-order valence-electron chi connectivity index (χ2n) is 6.81. The third kappa shape index (κ3) is 3.35. The first-order chi connectivity index (χ1) is 14.7. The molecular formula is C21H21N5O3S. The minimum Gasteiger partial charge on any atom is -0.486 e. The van der Waals surface area contributed by atoms with Crippen molar-refractivity contribution in [1.29, 1.82) is 0 Å². The van der Waals surface area contributed by atoms with E-state index in [-0.39, 0.29) is 5.69 Å². The van der Waals surface area contributed by atoms with E-state index in [1.807, 2.05) is 42.6 Å². The fourth-order valence-corrected chi connectivity index (χ4v) is 4.51. The highest BCUT2D eigenvalue weighted by atomic mass is 32.2. The van der Waals surface area contributed by atoms with Crippen molar-refractivity contribution < 1.29 is 9.47 Å². The zero-order valence-corrected chi connectivity index (χ0v) is 17.3. The zero-order valence-electron chi connectivity index (χ0n) is 16.5. The van der Waals surface area contributed by atoms with Gasteiger partial charge in [0.1, 0.15) is 13.2 Å². The Hall–Kier alpha value is -3.20. The fraction of sp³-hybridized carbons (Fsp3) is 0.286. The quantitative estimate of drug-likeness (QED) is 0.444. The van der Waals surface area contributed by atoms with Gasteiger partial charge in [0.15, 0.2) is 22.3 Å². The summed E-state index contributed by atoms with van der Waals surface area (Å²) < 4.78 is 16.6. The molecule has 0 unspecified atom stereocenters. The molecule has 0 bridgehead atoms. The molecule has 0 amide bonds. The molecular weight excluding hydrogens is 402 g/mol. The number of thioether (sulfide) groups is 1. The Morgan fingerprint density at radius 2 is 2.00 bits per heavy atom. The predicted molar refractivity (Wildman–Crippen MR) is 115 cm³/mol. The number of pyridine rings is 1. The molecule has 0 N–H and O–H groups in total. The summed E-state index contributed by atoms with van der Waals surface area (Å²) in [6.07, 6.45) is 3.62. The molecule has 4 heterocycles. The van der Waals surface area contributed by atoms with Crippen molar-refractivity contribution in [3.8, 4) is 22.8 Å². The maximum Gasteiger partial charge on any atom is 0.350 e. The molecule has 0 radical (unpaired) electrons. The summed E-state index contributed by atoms with van der Waals surface area (Å²) in [7, 11) is 0. The lowest BCUT2D eigenvalue weighted by atomic mass is 10.1. The van der Waals surface area contributed by atoms with Crippen LogP contribution < -0.4 is 15.2 Å². The summed E-state index contributed by atoms with van der Waals surface area (Å²) in [5.41, 5.74) is 2.60. The van der Waals surface area contributed by atoms with Crippen LogP contribution in [0.5, 0.6) is 11.5 Å². The minimum atomic E-state index is -0.123. The van der Waals surface area contributed by atoms with Gasteiger partial charge in [0.25, 0.3) is 0 Å². The van der Waals surface area contributed by atoms with E-state index in [0.717, 1.165) is 34.5 Å². The van der Waals surface area contributed by atoms with Crippen LogP contribution in [-0.2, 0) is 13.1 Å². The molecule has 8 nitrogen and oxygen atoms in total. The normalized spacial score (nSPS) is 13.1. The largest absolute Gasteiger partial charge is 0.486 e. The number of rotatable bonds is 6. The Balaban J connectivity index is 1.34. The topological polar surface area (TPSA) is 75.6 Å². The van der Waals surface area contributed by atoms with E-state index in [9.17, 15) is 4.79 Å². The highest BCUT2D eigenvalue weighted by molar-refractivity contribution is 7.99. The van der Waals surface area contributed by atoms with Crippen LogP contribution in [0.1, 0.15) is 6.92 Å². The summed E-state index contributed by atoms with van der Waals surface area (Å²) in [6, 6.07) is 11.5. The smallest absolute Gasteiger partial charge is 0.350 e. The third-order valence-electron chi connectivity index (χ3n) is 5.00. The van der Waals surface area contributed by atoms with Crippen LogP contribution >= 0.6 is 11.8 Å². The van der Waals surface area contributed by atoms with Crippen molar-refractivity contribution >= 4 is 17.4 Å². The van der Waals surface area contributed by atoms with Crippen LogP contribution in [0.15, 0.2) is 58.7 Å². The van der Waals surface area contributed by atoms with Crippen molar-refractivity contribution in [2.75, 3.05) is 19.0 Å². The first-order valence-corrected chi connectivity index (χ1v) is 10.9. The van der Waals surface area contributed by atoms with E-state index in [2.05, 4.69) is 21.6 Å². The average molecular weight is 423 g/mol. The van der Waals surface area contributed by atoms with Gasteiger partial charge in [0.05, 0.1) is 18.4 Å². The first-order valence-electron chi connectivity index (χ1n) is 9.87. The van der Waals surface area contributed by atoms with Crippen LogP contribution in [-0.4, -0.2) is 42.7 Å². The van der Waals surface area contributed by atoms with Crippen molar-refractivity contribution in [1.82, 2.24) is 23.7 Å². The van der Waals surface area contributed by atoms with Crippen LogP contribution in [0.25, 0.3) is 16.9 Å². The Bertz CT molecular complexity index is 1260. The molecule has 1 aliphatic rings. The highest BCUT2D eigenvalue weighted by Gasteiger charge is 2.16. The molecule has 0 saturated carbocycles. The van der Waals surface area contributed by atoms with Crippen LogP contribution in [0.3, 0.4) is 0 Å². The van der Waals surface area contributed by atoms with Gasteiger partial charge in [-0.1, -0.05) is 17.8 Å². The maximum absolute atomic E-state index is 12.4. The van der Waals surface area contributed by atoms with Crippen molar-refractivity contribution in [2.24, 2.45) is 0 Å². The van der Waals surface area contributed by atoms with Crippen molar-refractivity contribution in [3.05, 3.63) is 59.3 Å². The van der Waals surface area contributed by atoms with E-state index in [1.165, 1.54) is 4.68 Å².